The Hall–Kier alpha value is -1.82. The number of benzene rings is 1. The van der Waals surface area contributed by atoms with Crippen molar-refractivity contribution in [3.63, 3.8) is 0 Å². The lowest BCUT2D eigenvalue weighted by Crippen LogP contribution is -2.19. The standard InChI is InChI=1S/C11H16N4O2/c1-3-16-7(2)6-13-9-5-4-8(12)10-11(9)15-17-14-10/h4-5,7,13H,3,6,12H2,1-2H3. The van der Waals surface area contributed by atoms with Gasteiger partial charge in [0.1, 0.15) is 0 Å². The summed E-state index contributed by atoms with van der Waals surface area (Å²) in [6.45, 7) is 5.37. The van der Waals surface area contributed by atoms with Crippen molar-refractivity contribution in [2.24, 2.45) is 0 Å². The van der Waals surface area contributed by atoms with Crippen molar-refractivity contribution in [2.45, 2.75) is 20.0 Å². The van der Waals surface area contributed by atoms with Crippen LogP contribution < -0.4 is 11.1 Å². The Bertz CT molecular complexity index is 497. The first-order valence-electron chi connectivity index (χ1n) is 5.58. The minimum Gasteiger partial charge on any atom is -0.397 e. The zero-order valence-corrected chi connectivity index (χ0v) is 9.93. The van der Waals surface area contributed by atoms with Gasteiger partial charge in [-0.25, -0.2) is 4.63 Å². The smallest absolute Gasteiger partial charge is 0.160 e. The number of nitrogens with zero attached hydrogens (tertiary/aromatic N) is 2. The van der Waals surface area contributed by atoms with Gasteiger partial charge in [-0.1, -0.05) is 0 Å². The summed E-state index contributed by atoms with van der Waals surface area (Å²) < 4.78 is 10.1. The molecule has 1 atom stereocenters. The second-order valence-electron chi connectivity index (χ2n) is 3.81. The van der Waals surface area contributed by atoms with Gasteiger partial charge in [-0.05, 0) is 36.3 Å². The molecule has 0 saturated heterocycles. The van der Waals surface area contributed by atoms with Crippen LogP contribution in [0.25, 0.3) is 11.0 Å². The molecule has 0 saturated carbocycles. The minimum atomic E-state index is 0.132. The molecule has 0 aliphatic carbocycles. The largest absolute Gasteiger partial charge is 0.397 e. The van der Waals surface area contributed by atoms with E-state index in [2.05, 4.69) is 20.3 Å². The Morgan fingerprint density at radius 3 is 2.94 bits per heavy atom. The number of fused-ring (bicyclic) bond motifs is 1. The molecule has 0 radical (unpaired) electrons. The molecule has 0 amide bonds. The predicted octanol–water partition coefficient (Wildman–Crippen LogP) is 1.64. The number of hydrogen-bond acceptors (Lipinski definition) is 6. The van der Waals surface area contributed by atoms with Crippen molar-refractivity contribution >= 4 is 22.4 Å². The molecular formula is C11H16N4O2. The van der Waals surface area contributed by atoms with Gasteiger partial charge >= 0.3 is 0 Å². The quantitative estimate of drug-likeness (QED) is 0.767. The zero-order valence-electron chi connectivity index (χ0n) is 9.93. The highest BCUT2D eigenvalue weighted by atomic mass is 16.6. The summed E-state index contributed by atoms with van der Waals surface area (Å²) in [5, 5.41) is 10.8. The zero-order chi connectivity index (χ0) is 12.3. The fourth-order valence-corrected chi connectivity index (χ4v) is 1.63. The van der Waals surface area contributed by atoms with E-state index in [1.165, 1.54) is 0 Å². The van der Waals surface area contributed by atoms with E-state index in [9.17, 15) is 0 Å². The van der Waals surface area contributed by atoms with Gasteiger partial charge in [-0.15, -0.1) is 0 Å². The molecule has 0 aliphatic rings. The summed E-state index contributed by atoms with van der Waals surface area (Å²) in [6, 6.07) is 3.64. The van der Waals surface area contributed by atoms with E-state index in [0.29, 0.717) is 29.9 Å². The van der Waals surface area contributed by atoms with Crippen molar-refractivity contribution in [3.8, 4) is 0 Å². The maximum Gasteiger partial charge on any atom is 0.160 e. The molecule has 1 heterocycles. The number of ether oxygens (including phenoxy) is 1. The predicted molar refractivity (Wildman–Crippen MR) is 65.8 cm³/mol. The Labute approximate surface area is 99.1 Å². The molecule has 0 bridgehead atoms. The molecule has 6 heteroatoms. The molecule has 3 N–H and O–H groups in total. The Balaban J connectivity index is 2.13. The summed E-state index contributed by atoms with van der Waals surface area (Å²) in [7, 11) is 0. The van der Waals surface area contributed by atoms with Crippen LogP contribution >= 0.6 is 0 Å². The second kappa shape index (κ2) is 5.01. The Morgan fingerprint density at radius 1 is 1.41 bits per heavy atom. The number of nitrogen functional groups attached to an aromatic ring is 1. The van der Waals surface area contributed by atoms with E-state index in [-0.39, 0.29) is 6.10 Å². The van der Waals surface area contributed by atoms with Gasteiger partial charge in [0.05, 0.1) is 17.5 Å². The lowest BCUT2D eigenvalue weighted by Gasteiger charge is -2.13. The van der Waals surface area contributed by atoms with Crippen LogP contribution in [0.2, 0.25) is 0 Å². The second-order valence-corrected chi connectivity index (χ2v) is 3.81. The van der Waals surface area contributed by atoms with Crippen LogP contribution in [0.3, 0.4) is 0 Å². The maximum absolute atomic E-state index is 5.76. The first-order chi connectivity index (χ1) is 8.22. The van der Waals surface area contributed by atoms with Crippen molar-refractivity contribution in [2.75, 3.05) is 24.2 Å². The van der Waals surface area contributed by atoms with Crippen LogP contribution in [-0.2, 0) is 4.74 Å². The molecule has 1 aromatic heterocycles. The Morgan fingerprint density at radius 2 is 2.18 bits per heavy atom. The third kappa shape index (κ3) is 2.47. The molecule has 6 nitrogen and oxygen atoms in total. The highest BCUT2D eigenvalue weighted by Crippen LogP contribution is 2.24. The fourth-order valence-electron chi connectivity index (χ4n) is 1.63. The van der Waals surface area contributed by atoms with E-state index in [4.69, 9.17) is 10.5 Å². The van der Waals surface area contributed by atoms with Crippen LogP contribution in [0.5, 0.6) is 0 Å². The molecule has 1 unspecified atom stereocenters. The van der Waals surface area contributed by atoms with Gasteiger partial charge in [-0.3, -0.25) is 0 Å². The van der Waals surface area contributed by atoms with Gasteiger partial charge < -0.3 is 15.8 Å². The normalized spacial score (nSPS) is 12.8. The average molecular weight is 236 g/mol. The molecular weight excluding hydrogens is 220 g/mol. The molecule has 92 valence electrons. The highest BCUT2D eigenvalue weighted by Gasteiger charge is 2.10. The number of anilines is 2. The van der Waals surface area contributed by atoms with Crippen LogP contribution in [0.15, 0.2) is 16.8 Å². The van der Waals surface area contributed by atoms with Crippen molar-refractivity contribution in [3.05, 3.63) is 12.1 Å². The summed E-state index contributed by atoms with van der Waals surface area (Å²) in [5.74, 6) is 0. The van der Waals surface area contributed by atoms with Crippen molar-refractivity contribution < 1.29 is 9.37 Å². The molecule has 0 spiro atoms. The molecule has 0 fully saturated rings. The monoisotopic (exact) mass is 236 g/mol. The Kier molecular flexibility index (Phi) is 3.43. The number of hydrogen-bond donors (Lipinski definition) is 2. The van der Waals surface area contributed by atoms with Gasteiger partial charge in [-0.2, -0.15) is 0 Å². The van der Waals surface area contributed by atoms with Crippen LogP contribution in [-0.4, -0.2) is 29.6 Å². The number of rotatable bonds is 5. The van der Waals surface area contributed by atoms with Gasteiger partial charge in [0.25, 0.3) is 0 Å². The van der Waals surface area contributed by atoms with Crippen molar-refractivity contribution in [1.29, 1.82) is 0 Å². The molecule has 2 rings (SSSR count). The first kappa shape index (κ1) is 11.7. The molecule has 17 heavy (non-hydrogen) atoms. The van der Waals surface area contributed by atoms with E-state index < -0.39 is 0 Å². The van der Waals surface area contributed by atoms with Crippen LogP contribution in [0, 0.1) is 0 Å². The van der Waals surface area contributed by atoms with Gasteiger partial charge in [0, 0.05) is 13.2 Å². The summed E-state index contributed by atoms with van der Waals surface area (Å²) >= 11 is 0. The van der Waals surface area contributed by atoms with Crippen LogP contribution in [0.1, 0.15) is 13.8 Å². The number of aromatic nitrogens is 2. The topological polar surface area (TPSA) is 86.2 Å². The van der Waals surface area contributed by atoms with E-state index >= 15 is 0 Å². The average Bonchev–Trinajstić information content (AvgIpc) is 2.78. The molecule has 1 aromatic carbocycles. The van der Waals surface area contributed by atoms with Crippen molar-refractivity contribution in [1.82, 2.24) is 10.3 Å². The van der Waals surface area contributed by atoms with Gasteiger partial charge in [0.15, 0.2) is 11.0 Å². The maximum atomic E-state index is 5.76. The number of nitrogens with one attached hydrogen (secondary N) is 1. The number of nitrogens with two attached hydrogens (primary N) is 1. The summed E-state index contributed by atoms with van der Waals surface area (Å²) in [6.07, 6.45) is 0.132. The molecule has 2 aromatic rings. The lowest BCUT2D eigenvalue weighted by molar-refractivity contribution is 0.0855. The first-order valence-corrected chi connectivity index (χ1v) is 5.58. The lowest BCUT2D eigenvalue weighted by atomic mass is 10.2. The van der Waals surface area contributed by atoms with E-state index in [1.807, 2.05) is 19.9 Å². The third-order valence-electron chi connectivity index (χ3n) is 2.48. The van der Waals surface area contributed by atoms with Crippen LogP contribution in [0.4, 0.5) is 11.4 Å². The van der Waals surface area contributed by atoms with E-state index in [0.717, 1.165) is 5.69 Å². The van der Waals surface area contributed by atoms with E-state index in [1.54, 1.807) is 6.07 Å². The third-order valence-corrected chi connectivity index (χ3v) is 2.48. The molecule has 0 aliphatic heterocycles. The van der Waals surface area contributed by atoms with Gasteiger partial charge in [0.2, 0.25) is 0 Å². The summed E-state index contributed by atoms with van der Waals surface area (Å²) in [5.41, 5.74) is 8.40. The summed E-state index contributed by atoms with van der Waals surface area (Å²) in [4.78, 5) is 0. The fraction of sp³-hybridized carbons (Fsp3) is 0.455. The minimum absolute atomic E-state index is 0.132. The highest BCUT2D eigenvalue weighted by molar-refractivity contribution is 5.94. The SMILES string of the molecule is CCOC(C)CNc1ccc(N)c2nonc12.